The summed E-state index contributed by atoms with van der Waals surface area (Å²) >= 11 is 0. The van der Waals surface area contributed by atoms with Gasteiger partial charge in [0.05, 0.1) is 12.0 Å². The van der Waals surface area contributed by atoms with E-state index in [1.165, 1.54) is 0 Å². The first kappa shape index (κ1) is 23.4. The Morgan fingerprint density at radius 3 is 2.38 bits per heavy atom. The minimum absolute atomic E-state index is 0.129. The van der Waals surface area contributed by atoms with Crippen LogP contribution >= 0.6 is 0 Å². The summed E-state index contributed by atoms with van der Waals surface area (Å²) in [6.45, 7) is 9.45. The highest BCUT2D eigenvalue weighted by atomic mass is 16.6. The molecule has 6 heteroatoms. The maximum atomic E-state index is 13.0. The molecule has 1 aliphatic heterocycles. The number of esters is 1. The van der Waals surface area contributed by atoms with E-state index in [0.29, 0.717) is 12.5 Å². The molecule has 0 saturated carbocycles. The van der Waals surface area contributed by atoms with Gasteiger partial charge in [0.25, 0.3) is 0 Å². The molecule has 3 unspecified atom stereocenters. The van der Waals surface area contributed by atoms with Gasteiger partial charge in [-0.1, -0.05) is 37.3 Å². The average Bonchev–Trinajstić information content (AvgIpc) is 3.07. The fourth-order valence-corrected chi connectivity index (χ4v) is 3.81. The number of benzene rings is 1. The van der Waals surface area contributed by atoms with Crippen LogP contribution in [0.5, 0.6) is 0 Å². The SMILES string of the molecule is COC(C(C)C(=O)NC(Cc1ccccc1)C(=O)OC(C)(C)C)[C@@H]1CC[C@H](C)N1. The highest BCUT2D eigenvalue weighted by molar-refractivity contribution is 5.86. The van der Waals surface area contributed by atoms with Crippen molar-refractivity contribution >= 4 is 11.9 Å². The number of rotatable bonds is 8. The molecule has 1 fully saturated rings. The fraction of sp³-hybridized carbons (Fsp3) is 0.652. The fourth-order valence-electron chi connectivity index (χ4n) is 3.81. The summed E-state index contributed by atoms with van der Waals surface area (Å²) in [5.41, 5.74) is 0.340. The molecule has 0 aliphatic carbocycles. The number of nitrogens with one attached hydrogen (secondary N) is 2. The number of hydrogen-bond acceptors (Lipinski definition) is 5. The van der Waals surface area contributed by atoms with E-state index in [1.54, 1.807) is 7.11 Å². The van der Waals surface area contributed by atoms with Crippen LogP contribution in [-0.4, -0.2) is 48.8 Å². The van der Waals surface area contributed by atoms with Crippen molar-refractivity contribution in [3.8, 4) is 0 Å². The lowest BCUT2D eigenvalue weighted by Gasteiger charge is -2.30. The largest absolute Gasteiger partial charge is 0.458 e. The molecule has 0 aromatic heterocycles. The van der Waals surface area contributed by atoms with Crippen LogP contribution in [0.15, 0.2) is 30.3 Å². The summed E-state index contributed by atoms with van der Waals surface area (Å²) in [6.07, 6.45) is 2.16. The van der Waals surface area contributed by atoms with Crippen molar-refractivity contribution < 1.29 is 19.1 Å². The van der Waals surface area contributed by atoms with Gasteiger partial charge in [0.15, 0.2) is 0 Å². The number of methoxy groups -OCH3 is 1. The maximum absolute atomic E-state index is 13.0. The Hall–Kier alpha value is -1.92. The topological polar surface area (TPSA) is 76.7 Å². The van der Waals surface area contributed by atoms with E-state index in [9.17, 15) is 9.59 Å². The van der Waals surface area contributed by atoms with E-state index in [4.69, 9.17) is 9.47 Å². The molecule has 2 rings (SSSR count). The molecular weight excluding hydrogens is 368 g/mol. The smallest absolute Gasteiger partial charge is 0.329 e. The highest BCUT2D eigenvalue weighted by Crippen LogP contribution is 2.22. The van der Waals surface area contributed by atoms with E-state index in [-0.39, 0.29) is 18.1 Å². The lowest BCUT2D eigenvalue weighted by Crippen LogP contribution is -2.52. The number of hydrogen-bond donors (Lipinski definition) is 2. The summed E-state index contributed by atoms with van der Waals surface area (Å²) in [6, 6.07) is 9.43. The average molecular weight is 405 g/mol. The third-order valence-electron chi connectivity index (χ3n) is 5.27. The van der Waals surface area contributed by atoms with Crippen LogP contribution < -0.4 is 10.6 Å². The van der Waals surface area contributed by atoms with Crippen LogP contribution in [0.4, 0.5) is 0 Å². The Morgan fingerprint density at radius 2 is 1.86 bits per heavy atom. The first-order valence-electron chi connectivity index (χ1n) is 10.5. The van der Waals surface area contributed by atoms with E-state index >= 15 is 0 Å². The third-order valence-corrected chi connectivity index (χ3v) is 5.27. The quantitative estimate of drug-likeness (QED) is 0.652. The summed E-state index contributed by atoms with van der Waals surface area (Å²) in [4.78, 5) is 25.8. The van der Waals surface area contributed by atoms with Gasteiger partial charge in [0.1, 0.15) is 11.6 Å². The standard InChI is InChI=1S/C23H36N2O4/c1-15-12-13-18(24-15)20(28-6)16(2)21(26)25-19(22(27)29-23(3,4)5)14-17-10-8-7-9-11-17/h7-11,15-16,18-20,24H,12-14H2,1-6H3,(H,25,26)/t15-,16?,18-,19?,20?/m0/s1. The van der Waals surface area contributed by atoms with Gasteiger partial charge in [-0.25, -0.2) is 4.79 Å². The van der Waals surface area contributed by atoms with Gasteiger partial charge >= 0.3 is 5.97 Å². The first-order chi connectivity index (χ1) is 13.6. The normalized spacial score (nSPS) is 22.6. The van der Waals surface area contributed by atoms with Crippen LogP contribution in [0.1, 0.15) is 53.0 Å². The molecule has 2 N–H and O–H groups in total. The van der Waals surface area contributed by atoms with Gasteiger partial charge in [0.2, 0.25) is 5.91 Å². The van der Waals surface area contributed by atoms with Gasteiger partial charge in [-0.2, -0.15) is 0 Å². The first-order valence-corrected chi connectivity index (χ1v) is 10.5. The molecule has 0 spiro atoms. The van der Waals surface area contributed by atoms with E-state index < -0.39 is 23.5 Å². The molecular formula is C23H36N2O4. The third kappa shape index (κ3) is 7.12. The van der Waals surface area contributed by atoms with Crippen molar-refractivity contribution in [2.24, 2.45) is 5.92 Å². The summed E-state index contributed by atoms with van der Waals surface area (Å²) in [5, 5.41) is 6.41. The molecule has 1 aromatic carbocycles. The summed E-state index contributed by atoms with van der Waals surface area (Å²) in [5.74, 6) is -1.03. The zero-order chi connectivity index (χ0) is 21.6. The second-order valence-corrected chi connectivity index (χ2v) is 9.02. The molecule has 1 saturated heterocycles. The highest BCUT2D eigenvalue weighted by Gasteiger charge is 2.36. The lowest BCUT2D eigenvalue weighted by atomic mass is 9.95. The van der Waals surface area contributed by atoms with E-state index in [0.717, 1.165) is 18.4 Å². The molecule has 1 heterocycles. The number of carbonyl (C=O) groups excluding carboxylic acids is 2. The zero-order valence-corrected chi connectivity index (χ0v) is 18.5. The van der Waals surface area contributed by atoms with Crippen LogP contribution in [-0.2, 0) is 25.5 Å². The Bertz CT molecular complexity index is 671. The van der Waals surface area contributed by atoms with Crippen LogP contribution in [0.3, 0.4) is 0 Å². The van der Waals surface area contributed by atoms with Crippen molar-refractivity contribution in [2.45, 2.75) is 83.7 Å². The molecule has 1 aromatic rings. The van der Waals surface area contributed by atoms with Crippen LogP contribution in [0.25, 0.3) is 0 Å². The molecule has 0 radical (unpaired) electrons. The Labute approximate surface area is 174 Å². The number of carbonyl (C=O) groups is 2. The van der Waals surface area contributed by atoms with Gasteiger partial charge in [0, 0.05) is 25.6 Å². The second-order valence-electron chi connectivity index (χ2n) is 9.02. The van der Waals surface area contributed by atoms with Crippen LogP contribution in [0.2, 0.25) is 0 Å². The molecule has 1 aliphatic rings. The van der Waals surface area contributed by atoms with Gasteiger partial charge in [-0.15, -0.1) is 0 Å². The van der Waals surface area contributed by atoms with Crippen molar-refractivity contribution in [1.82, 2.24) is 10.6 Å². The Kier molecular flexibility index (Phi) is 8.23. The van der Waals surface area contributed by atoms with Crippen molar-refractivity contribution in [3.63, 3.8) is 0 Å². The predicted molar refractivity (Wildman–Crippen MR) is 114 cm³/mol. The van der Waals surface area contributed by atoms with E-state index in [1.807, 2.05) is 58.0 Å². The minimum Gasteiger partial charge on any atom is -0.458 e. The Balaban J connectivity index is 2.11. The van der Waals surface area contributed by atoms with Gasteiger partial charge < -0.3 is 20.1 Å². The van der Waals surface area contributed by atoms with Crippen molar-refractivity contribution in [3.05, 3.63) is 35.9 Å². The molecule has 0 bridgehead atoms. The van der Waals surface area contributed by atoms with Gasteiger partial charge in [-0.05, 0) is 46.1 Å². The van der Waals surface area contributed by atoms with Crippen LogP contribution in [0, 0.1) is 5.92 Å². The lowest BCUT2D eigenvalue weighted by molar-refractivity contribution is -0.159. The van der Waals surface area contributed by atoms with Crippen molar-refractivity contribution in [2.75, 3.05) is 7.11 Å². The number of amides is 1. The molecule has 29 heavy (non-hydrogen) atoms. The summed E-state index contributed by atoms with van der Waals surface area (Å²) in [7, 11) is 1.63. The number of ether oxygens (including phenoxy) is 2. The maximum Gasteiger partial charge on any atom is 0.329 e. The van der Waals surface area contributed by atoms with Crippen molar-refractivity contribution in [1.29, 1.82) is 0 Å². The molecule has 1 amide bonds. The van der Waals surface area contributed by atoms with Gasteiger partial charge in [-0.3, -0.25) is 4.79 Å². The monoisotopic (exact) mass is 404 g/mol. The Morgan fingerprint density at radius 1 is 1.21 bits per heavy atom. The molecule has 6 nitrogen and oxygen atoms in total. The minimum atomic E-state index is -0.750. The predicted octanol–water partition coefficient (Wildman–Crippen LogP) is 2.85. The zero-order valence-electron chi connectivity index (χ0n) is 18.5. The molecule has 162 valence electrons. The second kappa shape index (κ2) is 10.2. The molecule has 5 atom stereocenters. The summed E-state index contributed by atoms with van der Waals surface area (Å²) < 4.78 is 11.2. The van der Waals surface area contributed by atoms with E-state index in [2.05, 4.69) is 17.6 Å².